The largest absolute Gasteiger partial charge is 0.343 e. The summed E-state index contributed by atoms with van der Waals surface area (Å²) in [6, 6.07) is 4.04. The molecular weight excluding hydrogens is 303 g/mol. The number of nitrogens with one attached hydrogen (secondary N) is 1. The predicted octanol–water partition coefficient (Wildman–Crippen LogP) is 1.44. The molecule has 1 N–H and O–H groups in total. The molecule has 1 unspecified atom stereocenters. The lowest BCUT2D eigenvalue weighted by Gasteiger charge is -2.30. The zero-order chi connectivity index (χ0) is 13.3. The first-order chi connectivity index (χ1) is 8.47. The van der Waals surface area contributed by atoms with Crippen LogP contribution in [0.25, 0.3) is 0 Å². The molecule has 0 radical (unpaired) electrons. The van der Waals surface area contributed by atoms with E-state index in [2.05, 4.69) is 21.2 Å². The highest BCUT2D eigenvalue weighted by Gasteiger charge is 2.29. The van der Waals surface area contributed by atoms with Gasteiger partial charge in [0.15, 0.2) is 0 Å². The Morgan fingerprint density at radius 1 is 1.50 bits per heavy atom. The van der Waals surface area contributed by atoms with Crippen LogP contribution >= 0.6 is 15.9 Å². The Balaban J connectivity index is 2.14. The average molecular weight is 315 g/mol. The van der Waals surface area contributed by atoms with E-state index in [0.29, 0.717) is 11.0 Å². The van der Waals surface area contributed by atoms with E-state index in [1.807, 2.05) is 0 Å². The van der Waals surface area contributed by atoms with Gasteiger partial charge in [-0.25, -0.2) is 4.39 Å². The van der Waals surface area contributed by atoms with Crippen LogP contribution in [-0.4, -0.2) is 29.3 Å². The molecule has 4 nitrogen and oxygen atoms in total. The first-order valence-electron chi connectivity index (χ1n) is 5.49. The number of piperazine rings is 1. The van der Waals surface area contributed by atoms with E-state index in [-0.39, 0.29) is 24.2 Å². The molecule has 1 fully saturated rings. The molecule has 0 aliphatic carbocycles. The highest BCUT2D eigenvalue weighted by atomic mass is 79.9. The van der Waals surface area contributed by atoms with Gasteiger partial charge >= 0.3 is 0 Å². The predicted molar refractivity (Wildman–Crippen MR) is 67.1 cm³/mol. The van der Waals surface area contributed by atoms with Gasteiger partial charge in [-0.15, -0.1) is 0 Å². The zero-order valence-electron chi connectivity index (χ0n) is 9.74. The number of hydrogen-bond acceptors (Lipinski definition) is 2. The monoisotopic (exact) mass is 314 g/mol. The van der Waals surface area contributed by atoms with Gasteiger partial charge in [0.05, 0.1) is 11.0 Å². The summed E-state index contributed by atoms with van der Waals surface area (Å²) in [4.78, 5) is 24.7. The second-order valence-corrected chi connectivity index (χ2v) is 5.09. The van der Waals surface area contributed by atoms with E-state index in [1.165, 1.54) is 11.0 Å². The van der Waals surface area contributed by atoms with Crippen molar-refractivity contribution in [2.24, 2.45) is 0 Å². The van der Waals surface area contributed by atoms with Crippen molar-refractivity contribution in [3.8, 4) is 0 Å². The minimum Gasteiger partial charge on any atom is -0.343 e. The molecule has 1 aliphatic heterocycles. The summed E-state index contributed by atoms with van der Waals surface area (Å²) < 4.78 is 13.4. The third-order valence-electron chi connectivity index (χ3n) is 2.75. The van der Waals surface area contributed by atoms with Crippen molar-refractivity contribution in [2.75, 3.05) is 6.54 Å². The Labute approximate surface area is 112 Å². The van der Waals surface area contributed by atoms with Crippen LogP contribution in [0.5, 0.6) is 0 Å². The van der Waals surface area contributed by atoms with Crippen LogP contribution in [0, 0.1) is 5.82 Å². The Kier molecular flexibility index (Phi) is 3.65. The van der Waals surface area contributed by atoms with Crippen LogP contribution in [0.2, 0.25) is 0 Å². The summed E-state index contributed by atoms with van der Waals surface area (Å²) >= 11 is 3.09. The standard InChI is InChI=1S/C12H12BrFN2O2/c1-7-12(18)16(6-11(17)15-7)5-8-2-3-10(14)9(13)4-8/h2-4,7H,5-6H2,1H3,(H,15,17). The minimum atomic E-state index is -0.505. The van der Waals surface area contributed by atoms with Crippen LogP contribution in [0.15, 0.2) is 22.7 Å². The van der Waals surface area contributed by atoms with Crippen LogP contribution in [0.1, 0.15) is 12.5 Å². The molecule has 1 atom stereocenters. The molecule has 96 valence electrons. The third-order valence-corrected chi connectivity index (χ3v) is 3.36. The highest BCUT2D eigenvalue weighted by Crippen LogP contribution is 2.18. The number of carbonyl (C=O) groups excluding carboxylic acids is 2. The number of amides is 2. The fraction of sp³-hybridized carbons (Fsp3) is 0.333. The first kappa shape index (κ1) is 13.0. The van der Waals surface area contributed by atoms with Crippen LogP contribution in [-0.2, 0) is 16.1 Å². The van der Waals surface area contributed by atoms with Gasteiger partial charge in [-0.05, 0) is 40.5 Å². The number of carbonyl (C=O) groups is 2. The van der Waals surface area contributed by atoms with Crippen LogP contribution in [0.4, 0.5) is 4.39 Å². The molecule has 1 heterocycles. The molecule has 18 heavy (non-hydrogen) atoms. The van der Waals surface area contributed by atoms with Crippen molar-refractivity contribution in [1.82, 2.24) is 10.2 Å². The number of hydrogen-bond donors (Lipinski definition) is 1. The Hall–Kier alpha value is -1.43. The average Bonchev–Trinajstić information content (AvgIpc) is 2.30. The summed E-state index contributed by atoms with van der Waals surface area (Å²) in [7, 11) is 0. The second-order valence-electron chi connectivity index (χ2n) is 4.23. The zero-order valence-corrected chi connectivity index (χ0v) is 11.3. The lowest BCUT2D eigenvalue weighted by Crippen LogP contribution is -2.56. The molecular formula is C12H12BrFN2O2. The molecule has 2 amide bonds. The summed E-state index contributed by atoms with van der Waals surface area (Å²) in [6.45, 7) is 1.99. The normalized spacial score (nSPS) is 19.9. The van der Waals surface area contributed by atoms with E-state index >= 15 is 0 Å². The van der Waals surface area contributed by atoms with Crippen molar-refractivity contribution < 1.29 is 14.0 Å². The number of benzene rings is 1. The quantitative estimate of drug-likeness (QED) is 0.898. The van der Waals surface area contributed by atoms with Crippen molar-refractivity contribution in [1.29, 1.82) is 0 Å². The van der Waals surface area contributed by atoms with Gasteiger partial charge < -0.3 is 10.2 Å². The molecule has 0 bridgehead atoms. The van der Waals surface area contributed by atoms with Crippen molar-refractivity contribution >= 4 is 27.7 Å². The van der Waals surface area contributed by atoms with Crippen LogP contribution < -0.4 is 5.32 Å². The van der Waals surface area contributed by atoms with Crippen LogP contribution in [0.3, 0.4) is 0 Å². The van der Waals surface area contributed by atoms with Gasteiger partial charge in [0.1, 0.15) is 11.9 Å². The van der Waals surface area contributed by atoms with Gasteiger partial charge in [-0.3, -0.25) is 9.59 Å². The van der Waals surface area contributed by atoms with Gasteiger partial charge in [-0.1, -0.05) is 6.07 Å². The maximum absolute atomic E-state index is 13.1. The molecule has 0 saturated carbocycles. The highest BCUT2D eigenvalue weighted by molar-refractivity contribution is 9.10. The molecule has 1 saturated heterocycles. The maximum Gasteiger partial charge on any atom is 0.245 e. The van der Waals surface area contributed by atoms with Crippen molar-refractivity contribution in [2.45, 2.75) is 19.5 Å². The van der Waals surface area contributed by atoms with E-state index < -0.39 is 6.04 Å². The molecule has 6 heteroatoms. The molecule has 0 aromatic heterocycles. The smallest absolute Gasteiger partial charge is 0.245 e. The molecule has 1 aromatic rings. The fourth-order valence-electron chi connectivity index (χ4n) is 1.87. The number of halogens is 2. The number of nitrogens with zero attached hydrogens (tertiary/aromatic N) is 1. The first-order valence-corrected chi connectivity index (χ1v) is 6.29. The summed E-state index contributed by atoms with van der Waals surface area (Å²) in [6.07, 6.45) is 0. The van der Waals surface area contributed by atoms with E-state index in [4.69, 9.17) is 0 Å². The fourth-order valence-corrected chi connectivity index (χ4v) is 2.29. The Morgan fingerprint density at radius 3 is 2.89 bits per heavy atom. The molecule has 1 aliphatic rings. The molecule has 2 rings (SSSR count). The summed E-state index contributed by atoms with van der Waals surface area (Å²) in [5, 5.41) is 2.57. The van der Waals surface area contributed by atoms with Gasteiger partial charge in [0, 0.05) is 6.54 Å². The lowest BCUT2D eigenvalue weighted by molar-refractivity contribution is -0.144. The van der Waals surface area contributed by atoms with Crippen molar-refractivity contribution in [3.05, 3.63) is 34.1 Å². The Bertz CT molecular complexity index is 507. The van der Waals surface area contributed by atoms with E-state index in [9.17, 15) is 14.0 Å². The van der Waals surface area contributed by atoms with Crippen molar-refractivity contribution in [3.63, 3.8) is 0 Å². The van der Waals surface area contributed by atoms with Gasteiger partial charge in [0.25, 0.3) is 0 Å². The third kappa shape index (κ3) is 2.69. The summed E-state index contributed by atoms with van der Waals surface area (Å²) in [5.74, 6) is -0.659. The van der Waals surface area contributed by atoms with E-state index in [0.717, 1.165) is 5.56 Å². The minimum absolute atomic E-state index is 0.0399. The number of rotatable bonds is 2. The second kappa shape index (κ2) is 5.06. The molecule has 1 aromatic carbocycles. The van der Waals surface area contributed by atoms with E-state index in [1.54, 1.807) is 19.1 Å². The van der Waals surface area contributed by atoms with Gasteiger partial charge in [-0.2, -0.15) is 0 Å². The maximum atomic E-state index is 13.1. The van der Waals surface area contributed by atoms with Gasteiger partial charge in [0.2, 0.25) is 11.8 Å². The lowest BCUT2D eigenvalue weighted by atomic mass is 10.1. The SMILES string of the molecule is CC1NC(=O)CN(Cc2ccc(F)c(Br)c2)C1=O. The summed E-state index contributed by atoms with van der Waals surface area (Å²) in [5.41, 5.74) is 0.776. The Morgan fingerprint density at radius 2 is 2.22 bits per heavy atom. The topological polar surface area (TPSA) is 49.4 Å². The molecule has 0 spiro atoms.